The number of nitrogens with zero attached hydrogens (tertiary/aromatic N) is 3. The quantitative estimate of drug-likeness (QED) is 0.510. The number of benzene rings is 2. The van der Waals surface area contributed by atoms with Crippen LogP contribution in [0.5, 0.6) is 0 Å². The van der Waals surface area contributed by atoms with Crippen molar-refractivity contribution in [3.05, 3.63) is 58.9 Å². The molecule has 0 aliphatic carbocycles. The minimum atomic E-state index is -0.525. The number of fused-ring (bicyclic) bond motifs is 3. The van der Waals surface area contributed by atoms with Crippen molar-refractivity contribution < 1.29 is 13.9 Å². The molecule has 2 aromatic carbocycles. The topological polar surface area (TPSA) is 78.2 Å². The number of imidazole rings is 1. The van der Waals surface area contributed by atoms with Gasteiger partial charge in [0.2, 0.25) is 6.41 Å². The summed E-state index contributed by atoms with van der Waals surface area (Å²) in [5.41, 5.74) is 3.61. The Balaban J connectivity index is 1.94. The second kappa shape index (κ2) is 7.48. The zero-order valence-corrected chi connectivity index (χ0v) is 16.0. The first-order chi connectivity index (χ1) is 14.0. The van der Waals surface area contributed by atoms with E-state index in [0.29, 0.717) is 30.6 Å². The number of anilines is 1. The number of pyridine rings is 1. The molecule has 2 heterocycles. The van der Waals surface area contributed by atoms with E-state index >= 15 is 0 Å². The van der Waals surface area contributed by atoms with E-state index in [1.807, 2.05) is 18.2 Å². The van der Waals surface area contributed by atoms with Gasteiger partial charge < -0.3 is 10.1 Å². The van der Waals surface area contributed by atoms with Crippen LogP contribution < -0.4 is 11.0 Å². The monoisotopic (exact) mass is 394 g/mol. The lowest BCUT2D eigenvalue weighted by molar-refractivity contribution is -0.105. The summed E-state index contributed by atoms with van der Waals surface area (Å²) in [6, 6.07) is 10.2. The Bertz CT molecular complexity index is 1290. The number of amides is 1. The van der Waals surface area contributed by atoms with Crippen LogP contribution in [-0.4, -0.2) is 34.2 Å². The van der Waals surface area contributed by atoms with Crippen LogP contribution in [0.1, 0.15) is 0 Å². The van der Waals surface area contributed by atoms with Gasteiger partial charge in [0.15, 0.2) is 0 Å². The molecule has 4 aromatic rings. The zero-order valence-electron chi connectivity index (χ0n) is 16.0. The van der Waals surface area contributed by atoms with Crippen LogP contribution in [0.15, 0.2) is 47.4 Å². The highest BCUT2D eigenvalue weighted by Crippen LogP contribution is 2.30. The van der Waals surface area contributed by atoms with Crippen LogP contribution in [-0.2, 0) is 23.1 Å². The molecule has 4 rings (SSSR count). The SMILES string of the molecule is COCCn1c(=O)n(C)c2cnc3ccc(-c4ccc(NC=O)c(F)c4)cc3c21. The number of carbonyl (C=O) groups excluding carboxylic acids is 1. The van der Waals surface area contributed by atoms with Gasteiger partial charge in [-0.15, -0.1) is 0 Å². The normalized spacial score (nSPS) is 11.3. The van der Waals surface area contributed by atoms with Crippen molar-refractivity contribution in [3.63, 3.8) is 0 Å². The van der Waals surface area contributed by atoms with Crippen molar-refractivity contribution in [3.8, 4) is 11.1 Å². The molecule has 0 radical (unpaired) electrons. The third-order valence-electron chi connectivity index (χ3n) is 5.01. The molecule has 0 aliphatic heterocycles. The molecular formula is C21H19FN4O3. The Morgan fingerprint density at radius 1 is 1.21 bits per heavy atom. The average Bonchev–Trinajstić information content (AvgIpc) is 2.98. The third-order valence-corrected chi connectivity index (χ3v) is 5.01. The van der Waals surface area contributed by atoms with Gasteiger partial charge in [-0.2, -0.15) is 0 Å². The van der Waals surface area contributed by atoms with E-state index in [2.05, 4.69) is 10.3 Å². The molecule has 0 saturated carbocycles. The lowest BCUT2D eigenvalue weighted by Crippen LogP contribution is -2.23. The molecule has 2 aromatic heterocycles. The Kier molecular flexibility index (Phi) is 4.85. The summed E-state index contributed by atoms with van der Waals surface area (Å²) in [5.74, 6) is -0.525. The van der Waals surface area contributed by atoms with Crippen molar-refractivity contribution in [2.75, 3.05) is 19.0 Å². The smallest absolute Gasteiger partial charge is 0.328 e. The molecule has 0 bridgehead atoms. The van der Waals surface area contributed by atoms with Gasteiger partial charge >= 0.3 is 5.69 Å². The van der Waals surface area contributed by atoms with Crippen LogP contribution >= 0.6 is 0 Å². The third kappa shape index (κ3) is 3.17. The average molecular weight is 394 g/mol. The van der Waals surface area contributed by atoms with Crippen molar-refractivity contribution in [1.29, 1.82) is 0 Å². The second-order valence-corrected chi connectivity index (χ2v) is 6.67. The van der Waals surface area contributed by atoms with E-state index < -0.39 is 5.82 Å². The number of methoxy groups -OCH3 is 1. The maximum Gasteiger partial charge on any atom is 0.328 e. The molecule has 0 atom stereocenters. The molecule has 0 saturated heterocycles. The number of hydrogen-bond donors (Lipinski definition) is 1. The van der Waals surface area contributed by atoms with Crippen LogP contribution in [0.4, 0.5) is 10.1 Å². The minimum absolute atomic E-state index is 0.116. The van der Waals surface area contributed by atoms with E-state index in [9.17, 15) is 14.0 Å². The molecule has 8 heteroatoms. The predicted octanol–water partition coefficient (Wildman–Crippen LogP) is 2.91. The molecule has 7 nitrogen and oxygen atoms in total. The number of rotatable bonds is 6. The fourth-order valence-electron chi connectivity index (χ4n) is 3.52. The molecule has 0 aliphatic rings. The van der Waals surface area contributed by atoms with E-state index in [4.69, 9.17) is 4.74 Å². The number of ether oxygens (including phenoxy) is 1. The minimum Gasteiger partial charge on any atom is -0.383 e. The van der Waals surface area contributed by atoms with Crippen LogP contribution in [0.2, 0.25) is 0 Å². The van der Waals surface area contributed by atoms with E-state index in [-0.39, 0.29) is 11.4 Å². The number of aromatic nitrogens is 3. The van der Waals surface area contributed by atoms with Crippen molar-refractivity contribution >= 4 is 34.0 Å². The summed E-state index contributed by atoms with van der Waals surface area (Å²) in [6.45, 7) is 0.815. The lowest BCUT2D eigenvalue weighted by atomic mass is 10.0. The van der Waals surface area contributed by atoms with Crippen LogP contribution in [0, 0.1) is 5.82 Å². The molecule has 29 heavy (non-hydrogen) atoms. The van der Waals surface area contributed by atoms with Gasteiger partial charge in [-0.25, -0.2) is 9.18 Å². The summed E-state index contributed by atoms with van der Waals surface area (Å²) in [6.07, 6.45) is 2.12. The number of aryl methyl sites for hydroxylation is 1. The number of nitrogens with one attached hydrogen (secondary N) is 1. The largest absolute Gasteiger partial charge is 0.383 e. The molecular weight excluding hydrogens is 375 g/mol. The number of halogens is 1. The lowest BCUT2D eigenvalue weighted by Gasteiger charge is -2.09. The molecule has 0 spiro atoms. The first-order valence-electron chi connectivity index (χ1n) is 9.02. The first-order valence-corrected chi connectivity index (χ1v) is 9.02. The molecule has 148 valence electrons. The summed E-state index contributed by atoms with van der Waals surface area (Å²) in [7, 11) is 3.30. The van der Waals surface area contributed by atoms with Crippen LogP contribution in [0.25, 0.3) is 33.1 Å². The van der Waals surface area contributed by atoms with Crippen molar-refractivity contribution in [2.24, 2.45) is 7.05 Å². The van der Waals surface area contributed by atoms with Gasteiger partial charge in [0.05, 0.1) is 41.6 Å². The highest BCUT2D eigenvalue weighted by Gasteiger charge is 2.15. The Hall–Kier alpha value is -3.52. The Labute approximate surface area is 165 Å². The number of hydrogen-bond acceptors (Lipinski definition) is 4. The molecule has 1 N–H and O–H groups in total. The summed E-state index contributed by atoms with van der Waals surface area (Å²) >= 11 is 0. The van der Waals surface area contributed by atoms with Gasteiger partial charge in [0.25, 0.3) is 0 Å². The highest BCUT2D eigenvalue weighted by atomic mass is 19.1. The van der Waals surface area contributed by atoms with Gasteiger partial charge in [0, 0.05) is 19.5 Å². The van der Waals surface area contributed by atoms with E-state index in [0.717, 1.165) is 22.0 Å². The zero-order chi connectivity index (χ0) is 20.5. The Morgan fingerprint density at radius 3 is 2.69 bits per heavy atom. The van der Waals surface area contributed by atoms with Gasteiger partial charge in [0.1, 0.15) is 5.82 Å². The molecule has 1 amide bonds. The standard InChI is InChI=1S/C21H19FN4O3/c1-25-19-11-23-17-5-3-13(14-4-6-18(24-12-27)16(22)10-14)9-15(17)20(19)26(21(25)28)7-8-29-2/h3-6,9-12H,7-8H2,1-2H3,(H,24,27). The maximum absolute atomic E-state index is 14.3. The number of carbonyl (C=O) groups is 1. The Morgan fingerprint density at radius 2 is 1.97 bits per heavy atom. The van der Waals surface area contributed by atoms with E-state index in [1.54, 1.807) is 35.6 Å². The van der Waals surface area contributed by atoms with Gasteiger partial charge in [-0.3, -0.25) is 18.9 Å². The predicted molar refractivity (Wildman–Crippen MR) is 109 cm³/mol. The maximum atomic E-state index is 14.3. The van der Waals surface area contributed by atoms with E-state index in [1.165, 1.54) is 12.1 Å². The van der Waals surface area contributed by atoms with Crippen molar-refractivity contribution in [1.82, 2.24) is 14.1 Å². The molecule has 0 unspecified atom stereocenters. The van der Waals surface area contributed by atoms with Crippen LogP contribution in [0.3, 0.4) is 0 Å². The molecule has 0 fully saturated rings. The second-order valence-electron chi connectivity index (χ2n) is 6.67. The fourth-order valence-corrected chi connectivity index (χ4v) is 3.52. The van der Waals surface area contributed by atoms with Gasteiger partial charge in [-0.1, -0.05) is 12.1 Å². The van der Waals surface area contributed by atoms with Gasteiger partial charge in [-0.05, 0) is 35.4 Å². The summed E-state index contributed by atoms with van der Waals surface area (Å²) in [5, 5.41) is 3.12. The summed E-state index contributed by atoms with van der Waals surface area (Å²) < 4.78 is 22.6. The fraction of sp³-hybridized carbons (Fsp3) is 0.190. The summed E-state index contributed by atoms with van der Waals surface area (Å²) in [4.78, 5) is 27.7. The first kappa shape index (κ1) is 18.8. The highest BCUT2D eigenvalue weighted by molar-refractivity contribution is 6.04. The van der Waals surface area contributed by atoms with Crippen molar-refractivity contribution in [2.45, 2.75) is 6.54 Å².